The first kappa shape index (κ1) is 16.8. The van der Waals surface area contributed by atoms with Crippen LogP contribution in [-0.2, 0) is 7.05 Å². The van der Waals surface area contributed by atoms with Crippen LogP contribution in [0.3, 0.4) is 0 Å². The van der Waals surface area contributed by atoms with Crippen LogP contribution in [0.15, 0.2) is 52.3 Å². The highest BCUT2D eigenvalue weighted by atomic mass is 16.3. The molecule has 1 aromatic heterocycles. The number of nitrogens with zero attached hydrogens (tertiary/aromatic N) is 3. The molecule has 25 heavy (non-hydrogen) atoms. The van der Waals surface area contributed by atoms with Gasteiger partial charge in [0.2, 0.25) is 0 Å². The molecule has 0 bridgehead atoms. The Labute approximate surface area is 146 Å². The van der Waals surface area contributed by atoms with Crippen molar-refractivity contribution >= 4 is 11.9 Å². The second-order valence-corrected chi connectivity index (χ2v) is 6.19. The third-order valence-corrected chi connectivity index (χ3v) is 4.33. The summed E-state index contributed by atoms with van der Waals surface area (Å²) in [6, 6.07) is 13.2. The summed E-state index contributed by atoms with van der Waals surface area (Å²) in [5, 5.41) is 10.2. The Morgan fingerprint density at radius 1 is 1.08 bits per heavy atom. The van der Waals surface area contributed by atoms with E-state index in [0.29, 0.717) is 11.3 Å². The molecule has 0 radical (unpaired) electrons. The molecule has 0 saturated carbocycles. The Morgan fingerprint density at radius 2 is 1.76 bits per heavy atom. The average Bonchev–Trinajstić information content (AvgIpc) is 2.80. The maximum atomic E-state index is 12.8. The maximum absolute atomic E-state index is 12.8. The molecule has 0 saturated heterocycles. The van der Waals surface area contributed by atoms with Gasteiger partial charge < -0.3 is 5.11 Å². The Morgan fingerprint density at radius 3 is 2.44 bits per heavy atom. The van der Waals surface area contributed by atoms with Crippen molar-refractivity contribution in [1.29, 1.82) is 0 Å². The number of aromatic nitrogens is 2. The lowest BCUT2D eigenvalue weighted by Gasteiger charge is -2.07. The number of hydrogen-bond acceptors (Lipinski definition) is 3. The number of aliphatic imine (C=N–C) groups is 1. The normalized spacial score (nSPS) is 11.4. The zero-order valence-electron chi connectivity index (χ0n) is 14.8. The van der Waals surface area contributed by atoms with Gasteiger partial charge in [-0.1, -0.05) is 24.3 Å². The number of hydrogen-bond donors (Lipinski definition) is 1. The van der Waals surface area contributed by atoms with E-state index in [9.17, 15) is 9.90 Å². The average molecular weight is 335 g/mol. The van der Waals surface area contributed by atoms with Crippen molar-refractivity contribution in [2.24, 2.45) is 12.0 Å². The lowest BCUT2D eigenvalue weighted by atomic mass is 10.1. The second-order valence-electron chi connectivity index (χ2n) is 6.19. The van der Waals surface area contributed by atoms with Gasteiger partial charge in [0.25, 0.3) is 5.56 Å². The second kappa shape index (κ2) is 6.43. The summed E-state index contributed by atoms with van der Waals surface area (Å²) >= 11 is 0. The van der Waals surface area contributed by atoms with Gasteiger partial charge in [0.1, 0.15) is 5.75 Å². The molecule has 5 nitrogen and oxygen atoms in total. The summed E-state index contributed by atoms with van der Waals surface area (Å²) in [6.45, 7) is 5.66. The summed E-state index contributed by atoms with van der Waals surface area (Å²) in [6.07, 6.45) is 1.55. The number of para-hydroxylation sites is 1. The summed E-state index contributed by atoms with van der Waals surface area (Å²) in [4.78, 5) is 17.2. The molecule has 2 aromatic carbocycles. The van der Waals surface area contributed by atoms with Gasteiger partial charge >= 0.3 is 0 Å². The first-order chi connectivity index (χ1) is 11.9. The minimum atomic E-state index is -0.189. The highest BCUT2D eigenvalue weighted by Crippen LogP contribution is 2.23. The van der Waals surface area contributed by atoms with E-state index >= 15 is 0 Å². The van der Waals surface area contributed by atoms with Crippen molar-refractivity contribution in [3.05, 3.63) is 75.2 Å². The predicted molar refractivity (Wildman–Crippen MR) is 101 cm³/mol. The molecule has 0 aliphatic rings. The predicted octanol–water partition coefficient (Wildman–Crippen LogP) is 3.56. The van der Waals surface area contributed by atoms with Gasteiger partial charge in [0.15, 0.2) is 5.69 Å². The molecule has 0 amide bonds. The SMILES string of the molecule is Cc1cc(C)c(O)c(C=Nc2c(C)n(C)n(-c3ccccc3)c2=O)c1. The molecular formula is C20H21N3O2. The molecule has 0 aliphatic heterocycles. The molecule has 5 heteroatoms. The van der Waals surface area contributed by atoms with Crippen molar-refractivity contribution in [3.63, 3.8) is 0 Å². The number of rotatable bonds is 3. The fraction of sp³-hybridized carbons (Fsp3) is 0.200. The zero-order valence-corrected chi connectivity index (χ0v) is 14.8. The van der Waals surface area contributed by atoms with E-state index in [2.05, 4.69) is 4.99 Å². The topological polar surface area (TPSA) is 59.5 Å². The fourth-order valence-corrected chi connectivity index (χ4v) is 2.93. The first-order valence-electron chi connectivity index (χ1n) is 8.08. The highest BCUT2D eigenvalue weighted by Gasteiger charge is 2.15. The Kier molecular flexibility index (Phi) is 4.31. The Balaban J connectivity index is 2.10. The summed E-state index contributed by atoms with van der Waals surface area (Å²) in [5.41, 5.74) is 4.14. The van der Waals surface area contributed by atoms with E-state index in [4.69, 9.17) is 0 Å². The number of phenolic OH excluding ortho intramolecular Hbond substituents is 1. The smallest absolute Gasteiger partial charge is 0.297 e. The van der Waals surface area contributed by atoms with Gasteiger partial charge in [0, 0.05) is 18.8 Å². The van der Waals surface area contributed by atoms with Crippen LogP contribution in [0.4, 0.5) is 5.69 Å². The van der Waals surface area contributed by atoms with Crippen LogP contribution < -0.4 is 5.56 Å². The van der Waals surface area contributed by atoms with E-state index in [1.807, 2.05) is 70.3 Å². The molecule has 1 heterocycles. The Bertz CT molecular complexity index is 1010. The zero-order chi connectivity index (χ0) is 18.1. The van der Waals surface area contributed by atoms with Crippen molar-refractivity contribution in [2.45, 2.75) is 20.8 Å². The quantitative estimate of drug-likeness (QED) is 0.744. The number of aryl methyl sites for hydroxylation is 2. The van der Waals surface area contributed by atoms with Crippen LogP contribution in [0, 0.1) is 20.8 Å². The lowest BCUT2D eigenvalue weighted by molar-refractivity contribution is 0.470. The minimum absolute atomic E-state index is 0.186. The van der Waals surface area contributed by atoms with Crippen molar-refractivity contribution < 1.29 is 5.11 Å². The summed E-state index contributed by atoms with van der Waals surface area (Å²) < 4.78 is 3.37. The fourth-order valence-electron chi connectivity index (χ4n) is 2.93. The van der Waals surface area contributed by atoms with E-state index in [1.54, 1.807) is 15.6 Å². The molecule has 0 aliphatic carbocycles. The summed E-state index contributed by atoms with van der Waals surface area (Å²) in [7, 11) is 1.83. The highest BCUT2D eigenvalue weighted by molar-refractivity contribution is 5.86. The van der Waals surface area contributed by atoms with Crippen LogP contribution in [0.1, 0.15) is 22.4 Å². The van der Waals surface area contributed by atoms with Crippen LogP contribution in [0.5, 0.6) is 5.75 Å². The van der Waals surface area contributed by atoms with Crippen LogP contribution in [0.25, 0.3) is 5.69 Å². The Hall–Kier alpha value is -3.08. The molecule has 3 rings (SSSR count). The number of phenols is 1. The van der Waals surface area contributed by atoms with E-state index in [-0.39, 0.29) is 11.3 Å². The number of benzene rings is 2. The van der Waals surface area contributed by atoms with Crippen molar-refractivity contribution in [1.82, 2.24) is 9.36 Å². The van der Waals surface area contributed by atoms with Crippen LogP contribution >= 0.6 is 0 Å². The molecule has 0 atom stereocenters. The van der Waals surface area contributed by atoms with E-state index in [1.165, 1.54) is 0 Å². The monoisotopic (exact) mass is 335 g/mol. The number of aromatic hydroxyl groups is 1. The van der Waals surface area contributed by atoms with Gasteiger partial charge in [0.05, 0.1) is 11.4 Å². The molecule has 0 fully saturated rings. The van der Waals surface area contributed by atoms with Gasteiger partial charge in [-0.3, -0.25) is 9.48 Å². The standard InChI is InChI=1S/C20H21N3O2/c1-13-10-14(2)19(24)16(11-13)12-21-18-15(3)22(4)23(20(18)25)17-8-6-5-7-9-17/h5-12,24H,1-4H3. The summed E-state index contributed by atoms with van der Waals surface area (Å²) in [5.74, 6) is 0.186. The molecule has 0 spiro atoms. The molecule has 128 valence electrons. The first-order valence-corrected chi connectivity index (χ1v) is 8.08. The van der Waals surface area contributed by atoms with E-state index < -0.39 is 0 Å². The maximum Gasteiger partial charge on any atom is 0.297 e. The third kappa shape index (κ3) is 3.01. The molecule has 0 unspecified atom stereocenters. The molecular weight excluding hydrogens is 314 g/mol. The van der Waals surface area contributed by atoms with Crippen LogP contribution in [-0.4, -0.2) is 20.7 Å². The largest absolute Gasteiger partial charge is 0.507 e. The third-order valence-electron chi connectivity index (χ3n) is 4.33. The van der Waals surface area contributed by atoms with E-state index in [0.717, 1.165) is 22.5 Å². The molecule has 1 N–H and O–H groups in total. The van der Waals surface area contributed by atoms with Crippen molar-refractivity contribution in [3.8, 4) is 11.4 Å². The van der Waals surface area contributed by atoms with Gasteiger partial charge in [-0.15, -0.1) is 0 Å². The lowest BCUT2D eigenvalue weighted by Crippen LogP contribution is -2.19. The van der Waals surface area contributed by atoms with Gasteiger partial charge in [-0.25, -0.2) is 9.67 Å². The van der Waals surface area contributed by atoms with Gasteiger partial charge in [-0.05, 0) is 50.1 Å². The van der Waals surface area contributed by atoms with Crippen LogP contribution in [0.2, 0.25) is 0 Å². The van der Waals surface area contributed by atoms with Gasteiger partial charge in [-0.2, -0.15) is 0 Å². The van der Waals surface area contributed by atoms with Crippen molar-refractivity contribution in [2.75, 3.05) is 0 Å². The molecule has 3 aromatic rings. The minimum Gasteiger partial charge on any atom is -0.507 e.